The summed E-state index contributed by atoms with van der Waals surface area (Å²) < 4.78 is 5.36. The molecule has 0 spiro atoms. The molecule has 0 saturated carbocycles. The summed E-state index contributed by atoms with van der Waals surface area (Å²) in [5, 5.41) is 3.94. The second-order valence-electron chi connectivity index (χ2n) is 6.37. The molecule has 0 aromatic carbocycles. The maximum atomic E-state index is 12.6. The molecule has 5 nitrogen and oxygen atoms in total. The van der Waals surface area contributed by atoms with Gasteiger partial charge in [0.15, 0.2) is 5.76 Å². The quantitative estimate of drug-likeness (QED) is 0.875. The van der Waals surface area contributed by atoms with E-state index in [4.69, 9.17) is 10.3 Å². The lowest BCUT2D eigenvalue weighted by atomic mass is 10.00. The van der Waals surface area contributed by atoms with Crippen LogP contribution in [0.3, 0.4) is 0 Å². The van der Waals surface area contributed by atoms with Crippen molar-refractivity contribution >= 4 is 5.91 Å². The van der Waals surface area contributed by atoms with E-state index < -0.39 is 0 Å². The van der Waals surface area contributed by atoms with Crippen molar-refractivity contribution in [3.05, 3.63) is 17.5 Å². The molecular weight excluding hydrogens is 266 g/mol. The molecule has 1 amide bonds. The average molecular weight is 293 g/mol. The number of rotatable bonds is 6. The van der Waals surface area contributed by atoms with Crippen molar-refractivity contribution in [2.45, 2.75) is 65.0 Å². The fraction of sp³-hybridized carbons (Fsp3) is 0.750. The van der Waals surface area contributed by atoms with Crippen LogP contribution in [0.4, 0.5) is 0 Å². The number of amides is 1. The highest BCUT2D eigenvalue weighted by molar-refractivity contribution is 5.79. The molecular formula is C16H27N3O2. The van der Waals surface area contributed by atoms with Gasteiger partial charge in [0.2, 0.25) is 5.91 Å². The Morgan fingerprint density at radius 3 is 2.90 bits per heavy atom. The standard InChI is InChI=1S/C16H27N3O2/c1-11(6-4-7-12(2)17)16(20)19-9-5-8-14(19)15-10-13(3)18-21-15/h10-12,14H,4-9,17H2,1-3H3. The second kappa shape index (κ2) is 7.07. The van der Waals surface area contributed by atoms with E-state index in [1.807, 2.05) is 31.7 Å². The van der Waals surface area contributed by atoms with Crippen LogP contribution >= 0.6 is 0 Å². The number of nitrogens with zero attached hydrogens (tertiary/aromatic N) is 2. The van der Waals surface area contributed by atoms with Gasteiger partial charge in [0.1, 0.15) is 0 Å². The first-order chi connectivity index (χ1) is 9.99. The lowest BCUT2D eigenvalue weighted by Crippen LogP contribution is -2.34. The van der Waals surface area contributed by atoms with E-state index >= 15 is 0 Å². The van der Waals surface area contributed by atoms with Crippen LogP contribution in [0.1, 0.15) is 63.4 Å². The molecule has 21 heavy (non-hydrogen) atoms. The molecule has 2 N–H and O–H groups in total. The van der Waals surface area contributed by atoms with Crippen LogP contribution in [0.5, 0.6) is 0 Å². The van der Waals surface area contributed by atoms with Gasteiger partial charge in [-0.15, -0.1) is 0 Å². The third-order valence-corrected chi connectivity index (χ3v) is 4.23. The zero-order valence-corrected chi connectivity index (χ0v) is 13.3. The normalized spacial score (nSPS) is 21.5. The third-order valence-electron chi connectivity index (χ3n) is 4.23. The SMILES string of the molecule is Cc1cc(C2CCCN2C(=O)C(C)CCCC(C)N)on1. The lowest BCUT2D eigenvalue weighted by Gasteiger charge is -2.26. The first kappa shape index (κ1) is 16.0. The van der Waals surface area contributed by atoms with E-state index in [1.54, 1.807) is 0 Å². The van der Waals surface area contributed by atoms with Gasteiger partial charge in [0, 0.05) is 24.6 Å². The van der Waals surface area contributed by atoms with Crippen molar-refractivity contribution in [3.8, 4) is 0 Å². The summed E-state index contributed by atoms with van der Waals surface area (Å²) in [5.41, 5.74) is 6.63. The number of carbonyl (C=O) groups excluding carboxylic acids is 1. The van der Waals surface area contributed by atoms with E-state index in [9.17, 15) is 4.79 Å². The van der Waals surface area contributed by atoms with Crippen molar-refractivity contribution in [2.75, 3.05) is 6.54 Å². The van der Waals surface area contributed by atoms with E-state index in [1.165, 1.54) is 0 Å². The summed E-state index contributed by atoms with van der Waals surface area (Å²) in [6, 6.07) is 2.22. The molecule has 2 heterocycles. The topological polar surface area (TPSA) is 72.4 Å². The molecule has 3 unspecified atom stereocenters. The largest absolute Gasteiger partial charge is 0.359 e. The van der Waals surface area contributed by atoms with Crippen molar-refractivity contribution < 1.29 is 9.32 Å². The Labute approximate surface area is 126 Å². The highest BCUT2D eigenvalue weighted by Gasteiger charge is 2.34. The molecule has 5 heteroatoms. The molecule has 0 radical (unpaired) electrons. The molecule has 118 valence electrons. The van der Waals surface area contributed by atoms with Crippen LogP contribution in [0.15, 0.2) is 10.6 Å². The van der Waals surface area contributed by atoms with Gasteiger partial charge in [0.05, 0.1) is 11.7 Å². The van der Waals surface area contributed by atoms with Crippen molar-refractivity contribution in [1.82, 2.24) is 10.1 Å². The van der Waals surface area contributed by atoms with Crippen LogP contribution < -0.4 is 5.73 Å². The van der Waals surface area contributed by atoms with E-state index in [0.29, 0.717) is 0 Å². The number of hydrogen-bond acceptors (Lipinski definition) is 4. The van der Waals surface area contributed by atoms with Crippen LogP contribution in [0, 0.1) is 12.8 Å². The van der Waals surface area contributed by atoms with Crippen molar-refractivity contribution in [3.63, 3.8) is 0 Å². The molecule has 1 saturated heterocycles. The first-order valence-electron chi connectivity index (χ1n) is 7.98. The zero-order chi connectivity index (χ0) is 15.4. The molecule has 1 aliphatic rings. The Morgan fingerprint density at radius 2 is 2.29 bits per heavy atom. The molecule has 1 fully saturated rings. The number of aromatic nitrogens is 1. The van der Waals surface area contributed by atoms with Gasteiger partial charge in [-0.2, -0.15) is 0 Å². The van der Waals surface area contributed by atoms with Gasteiger partial charge in [-0.05, 0) is 39.5 Å². The minimum absolute atomic E-state index is 0.0494. The summed E-state index contributed by atoms with van der Waals surface area (Å²) in [7, 11) is 0. The summed E-state index contributed by atoms with van der Waals surface area (Å²) in [6.07, 6.45) is 4.88. The fourth-order valence-corrected chi connectivity index (χ4v) is 3.02. The fourth-order valence-electron chi connectivity index (χ4n) is 3.02. The number of likely N-dealkylation sites (tertiary alicyclic amines) is 1. The van der Waals surface area contributed by atoms with Crippen LogP contribution in [0.25, 0.3) is 0 Å². The smallest absolute Gasteiger partial charge is 0.226 e. The van der Waals surface area contributed by atoms with Crippen molar-refractivity contribution in [1.29, 1.82) is 0 Å². The number of carbonyl (C=O) groups is 1. The molecule has 0 aliphatic carbocycles. The highest BCUT2D eigenvalue weighted by Crippen LogP contribution is 2.33. The minimum Gasteiger partial charge on any atom is -0.359 e. The highest BCUT2D eigenvalue weighted by atomic mass is 16.5. The van der Waals surface area contributed by atoms with Gasteiger partial charge < -0.3 is 15.2 Å². The Bertz CT molecular complexity index is 470. The molecule has 2 rings (SSSR count). The van der Waals surface area contributed by atoms with Gasteiger partial charge in [-0.1, -0.05) is 18.5 Å². The Kier molecular flexibility index (Phi) is 5.39. The molecule has 1 aromatic heterocycles. The zero-order valence-electron chi connectivity index (χ0n) is 13.3. The maximum Gasteiger partial charge on any atom is 0.226 e. The molecule has 1 aliphatic heterocycles. The van der Waals surface area contributed by atoms with Crippen LogP contribution in [-0.4, -0.2) is 28.6 Å². The van der Waals surface area contributed by atoms with E-state index in [2.05, 4.69) is 5.16 Å². The minimum atomic E-state index is 0.0494. The van der Waals surface area contributed by atoms with Gasteiger partial charge in [-0.25, -0.2) is 0 Å². The summed E-state index contributed by atoms with van der Waals surface area (Å²) >= 11 is 0. The van der Waals surface area contributed by atoms with Crippen molar-refractivity contribution in [2.24, 2.45) is 11.7 Å². The van der Waals surface area contributed by atoms with Gasteiger partial charge in [0.25, 0.3) is 0 Å². The number of nitrogens with two attached hydrogens (primary N) is 1. The summed E-state index contributed by atoms with van der Waals surface area (Å²) in [6.45, 7) is 6.76. The van der Waals surface area contributed by atoms with Crippen LogP contribution in [0.2, 0.25) is 0 Å². The van der Waals surface area contributed by atoms with Gasteiger partial charge >= 0.3 is 0 Å². The van der Waals surface area contributed by atoms with E-state index in [-0.39, 0.29) is 23.9 Å². The summed E-state index contributed by atoms with van der Waals surface area (Å²) in [4.78, 5) is 14.6. The predicted molar refractivity (Wildman–Crippen MR) is 81.6 cm³/mol. The Hall–Kier alpha value is -1.36. The second-order valence-corrected chi connectivity index (χ2v) is 6.37. The number of hydrogen-bond donors (Lipinski definition) is 1. The molecule has 3 atom stereocenters. The maximum absolute atomic E-state index is 12.6. The Morgan fingerprint density at radius 1 is 1.52 bits per heavy atom. The Balaban J connectivity index is 1.94. The summed E-state index contributed by atoms with van der Waals surface area (Å²) in [5.74, 6) is 1.10. The molecule has 1 aromatic rings. The monoisotopic (exact) mass is 293 g/mol. The lowest BCUT2D eigenvalue weighted by molar-refractivity contribution is -0.136. The van der Waals surface area contributed by atoms with Crippen LogP contribution in [-0.2, 0) is 4.79 Å². The third kappa shape index (κ3) is 4.06. The average Bonchev–Trinajstić information content (AvgIpc) is 3.05. The first-order valence-corrected chi connectivity index (χ1v) is 7.98. The molecule has 0 bridgehead atoms. The predicted octanol–water partition coefficient (Wildman–Crippen LogP) is 2.80. The van der Waals surface area contributed by atoms with Gasteiger partial charge in [-0.3, -0.25) is 4.79 Å². The van der Waals surface area contributed by atoms with E-state index in [0.717, 1.165) is 50.1 Å². The number of aryl methyl sites for hydroxylation is 1.